The second-order valence-electron chi connectivity index (χ2n) is 2.41. The van der Waals surface area contributed by atoms with E-state index >= 15 is 0 Å². The molecule has 1 aromatic carbocycles. The Kier molecular flexibility index (Phi) is 4.73. The zero-order valence-corrected chi connectivity index (χ0v) is 9.14. The minimum atomic E-state index is 0.667. The van der Waals surface area contributed by atoms with Gasteiger partial charge in [-0.2, -0.15) is 12.6 Å². The van der Waals surface area contributed by atoms with Crippen molar-refractivity contribution in [3.63, 3.8) is 0 Å². The number of benzene rings is 1. The topological polar surface area (TPSA) is 9.23 Å². The monoisotopic (exact) mass is 246 g/mol. The Morgan fingerprint density at radius 3 is 2.92 bits per heavy atom. The zero-order chi connectivity index (χ0) is 8.81. The molecule has 0 aliphatic carbocycles. The molecule has 0 unspecified atom stereocenters. The average Bonchev–Trinajstić information content (AvgIpc) is 2.05. The number of hydrogen-bond acceptors (Lipinski definition) is 2. The summed E-state index contributed by atoms with van der Waals surface area (Å²) in [4.78, 5) is 0. The molecule has 12 heavy (non-hydrogen) atoms. The van der Waals surface area contributed by atoms with E-state index in [0.717, 1.165) is 10.2 Å². The standard InChI is InChI=1S/C9H11BrOS/c10-9-3-1-2-8(6-9)7-11-4-5-12/h1-3,6,12H,4-5,7H2. The van der Waals surface area contributed by atoms with Gasteiger partial charge in [0.25, 0.3) is 0 Å². The minimum absolute atomic E-state index is 0.667. The molecular weight excluding hydrogens is 236 g/mol. The van der Waals surface area contributed by atoms with Crippen molar-refractivity contribution in [2.75, 3.05) is 12.4 Å². The van der Waals surface area contributed by atoms with Crippen molar-refractivity contribution in [2.24, 2.45) is 0 Å². The van der Waals surface area contributed by atoms with Gasteiger partial charge < -0.3 is 4.74 Å². The Morgan fingerprint density at radius 1 is 1.42 bits per heavy atom. The van der Waals surface area contributed by atoms with Crippen LogP contribution in [-0.4, -0.2) is 12.4 Å². The van der Waals surface area contributed by atoms with E-state index < -0.39 is 0 Å². The molecule has 0 saturated carbocycles. The van der Waals surface area contributed by atoms with E-state index in [-0.39, 0.29) is 0 Å². The van der Waals surface area contributed by atoms with Gasteiger partial charge in [0.2, 0.25) is 0 Å². The van der Waals surface area contributed by atoms with Crippen LogP contribution in [0.4, 0.5) is 0 Å². The van der Waals surface area contributed by atoms with Crippen LogP contribution < -0.4 is 0 Å². The fourth-order valence-corrected chi connectivity index (χ4v) is 1.46. The van der Waals surface area contributed by atoms with Crippen molar-refractivity contribution in [3.8, 4) is 0 Å². The molecule has 0 fully saturated rings. The lowest BCUT2D eigenvalue weighted by Crippen LogP contribution is -1.95. The highest BCUT2D eigenvalue weighted by Gasteiger charge is 1.92. The maximum Gasteiger partial charge on any atom is 0.0717 e. The largest absolute Gasteiger partial charge is 0.376 e. The van der Waals surface area contributed by atoms with Crippen LogP contribution >= 0.6 is 28.6 Å². The minimum Gasteiger partial charge on any atom is -0.376 e. The first-order chi connectivity index (χ1) is 5.83. The Balaban J connectivity index is 2.41. The second-order valence-corrected chi connectivity index (χ2v) is 3.77. The number of rotatable bonds is 4. The van der Waals surface area contributed by atoms with Gasteiger partial charge in [0.05, 0.1) is 13.2 Å². The predicted octanol–water partition coefficient (Wildman–Crippen LogP) is 2.90. The molecule has 0 bridgehead atoms. The van der Waals surface area contributed by atoms with Crippen molar-refractivity contribution in [1.82, 2.24) is 0 Å². The van der Waals surface area contributed by atoms with Crippen LogP contribution in [0, 0.1) is 0 Å². The molecule has 0 aliphatic heterocycles. The molecule has 0 N–H and O–H groups in total. The molecular formula is C9H11BrOS. The Labute approximate surface area is 86.7 Å². The normalized spacial score (nSPS) is 10.2. The number of hydrogen-bond donors (Lipinski definition) is 1. The summed E-state index contributed by atoms with van der Waals surface area (Å²) < 4.78 is 6.42. The third kappa shape index (κ3) is 3.61. The quantitative estimate of drug-likeness (QED) is 0.635. The maximum absolute atomic E-state index is 5.33. The average molecular weight is 247 g/mol. The molecule has 0 saturated heterocycles. The van der Waals surface area contributed by atoms with Crippen LogP contribution in [0.15, 0.2) is 28.7 Å². The molecule has 0 atom stereocenters. The summed E-state index contributed by atoms with van der Waals surface area (Å²) in [7, 11) is 0. The van der Waals surface area contributed by atoms with E-state index in [1.807, 2.05) is 18.2 Å². The fourth-order valence-electron chi connectivity index (χ4n) is 0.881. The lowest BCUT2D eigenvalue weighted by Gasteiger charge is -2.02. The van der Waals surface area contributed by atoms with Crippen LogP contribution in [0.3, 0.4) is 0 Å². The van der Waals surface area contributed by atoms with E-state index in [0.29, 0.717) is 13.2 Å². The van der Waals surface area contributed by atoms with Gasteiger partial charge in [-0.05, 0) is 17.7 Å². The van der Waals surface area contributed by atoms with Gasteiger partial charge in [-0.3, -0.25) is 0 Å². The van der Waals surface area contributed by atoms with Crippen molar-refractivity contribution in [2.45, 2.75) is 6.61 Å². The number of ether oxygens (including phenoxy) is 1. The summed E-state index contributed by atoms with van der Waals surface area (Å²) >= 11 is 7.45. The van der Waals surface area contributed by atoms with E-state index in [9.17, 15) is 0 Å². The van der Waals surface area contributed by atoms with Gasteiger partial charge in [-0.25, -0.2) is 0 Å². The van der Waals surface area contributed by atoms with Crippen LogP contribution in [0.5, 0.6) is 0 Å². The van der Waals surface area contributed by atoms with Gasteiger partial charge in [0.15, 0.2) is 0 Å². The summed E-state index contributed by atoms with van der Waals surface area (Å²) in [6.07, 6.45) is 0. The Bertz CT molecular complexity index is 240. The summed E-state index contributed by atoms with van der Waals surface area (Å²) in [6.45, 7) is 1.37. The molecule has 0 heterocycles. The third-order valence-corrected chi connectivity index (χ3v) is 2.07. The highest BCUT2D eigenvalue weighted by molar-refractivity contribution is 9.10. The highest BCUT2D eigenvalue weighted by atomic mass is 79.9. The fraction of sp³-hybridized carbons (Fsp3) is 0.333. The molecule has 0 spiro atoms. The molecule has 1 rings (SSSR count). The molecule has 0 aliphatic rings. The molecule has 1 nitrogen and oxygen atoms in total. The van der Waals surface area contributed by atoms with E-state index in [1.165, 1.54) is 5.56 Å². The molecule has 0 amide bonds. The van der Waals surface area contributed by atoms with Gasteiger partial charge >= 0.3 is 0 Å². The lowest BCUT2D eigenvalue weighted by molar-refractivity contribution is 0.136. The van der Waals surface area contributed by atoms with Crippen molar-refractivity contribution >= 4 is 28.6 Å². The van der Waals surface area contributed by atoms with Crippen molar-refractivity contribution < 1.29 is 4.74 Å². The summed E-state index contributed by atoms with van der Waals surface area (Å²) in [5.41, 5.74) is 1.19. The first-order valence-corrected chi connectivity index (χ1v) is 5.18. The number of thiol groups is 1. The maximum atomic E-state index is 5.33. The van der Waals surface area contributed by atoms with Crippen LogP contribution in [-0.2, 0) is 11.3 Å². The first kappa shape index (κ1) is 10.1. The van der Waals surface area contributed by atoms with Gasteiger partial charge in [0, 0.05) is 10.2 Å². The molecule has 3 heteroatoms. The van der Waals surface area contributed by atoms with E-state index in [4.69, 9.17) is 4.74 Å². The van der Waals surface area contributed by atoms with Gasteiger partial charge in [0.1, 0.15) is 0 Å². The predicted molar refractivity (Wildman–Crippen MR) is 57.7 cm³/mol. The smallest absolute Gasteiger partial charge is 0.0717 e. The van der Waals surface area contributed by atoms with Gasteiger partial charge in [-0.1, -0.05) is 28.1 Å². The zero-order valence-electron chi connectivity index (χ0n) is 6.66. The Morgan fingerprint density at radius 2 is 2.25 bits per heavy atom. The summed E-state index contributed by atoms with van der Waals surface area (Å²) in [5.74, 6) is 0.772. The lowest BCUT2D eigenvalue weighted by atomic mass is 10.2. The summed E-state index contributed by atoms with van der Waals surface area (Å²) in [6, 6.07) is 8.10. The molecule has 0 radical (unpaired) electrons. The Hall–Kier alpha value is 0.01000. The van der Waals surface area contributed by atoms with Crippen LogP contribution in [0.1, 0.15) is 5.56 Å². The molecule has 0 aromatic heterocycles. The van der Waals surface area contributed by atoms with Crippen LogP contribution in [0.2, 0.25) is 0 Å². The van der Waals surface area contributed by atoms with Gasteiger partial charge in [-0.15, -0.1) is 0 Å². The molecule has 1 aromatic rings. The summed E-state index contributed by atoms with van der Waals surface area (Å²) in [5, 5.41) is 0. The second kappa shape index (κ2) is 5.62. The molecule has 66 valence electrons. The van der Waals surface area contributed by atoms with Crippen molar-refractivity contribution in [1.29, 1.82) is 0 Å². The number of halogens is 1. The van der Waals surface area contributed by atoms with Crippen molar-refractivity contribution in [3.05, 3.63) is 34.3 Å². The SMILES string of the molecule is SCCOCc1cccc(Br)c1. The third-order valence-electron chi connectivity index (χ3n) is 1.39. The highest BCUT2D eigenvalue weighted by Crippen LogP contribution is 2.12. The van der Waals surface area contributed by atoms with E-state index in [2.05, 4.69) is 34.6 Å². The van der Waals surface area contributed by atoms with E-state index in [1.54, 1.807) is 0 Å². The first-order valence-electron chi connectivity index (χ1n) is 3.76. The van der Waals surface area contributed by atoms with Crippen LogP contribution in [0.25, 0.3) is 0 Å².